The van der Waals surface area contributed by atoms with Crippen molar-refractivity contribution in [3.05, 3.63) is 42.5 Å². The summed E-state index contributed by atoms with van der Waals surface area (Å²) in [5.74, 6) is -0.482. The molecule has 2 fully saturated rings. The zero-order valence-corrected chi connectivity index (χ0v) is 19.2. The van der Waals surface area contributed by atoms with E-state index in [0.29, 0.717) is 18.7 Å². The maximum Gasteiger partial charge on any atom is 0.251 e. The van der Waals surface area contributed by atoms with E-state index in [0.717, 1.165) is 25.7 Å². The van der Waals surface area contributed by atoms with Crippen molar-refractivity contribution in [3.63, 3.8) is 0 Å². The van der Waals surface area contributed by atoms with Gasteiger partial charge in [-0.05, 0) is 55.0 Å². The van der Waals surface area contributed by atoms with E-state index in [-0.39, 0.29) is 40.6 Å². The van der Waals surface area contributed by atoms with Crippen LogP contribution in [0.15, 0.2) is 41.8 Å². The molecule has 1 aliphatic heterocycles. The number of rotatable bonds is 6. The lowest BCUT2D eigenvalue weighted by molar-refractivity contribution is -0.118. The van der Waals surface area contributed by atoms with E-state index in [1.165, 1.54) is 28.9 Å². The lowest BCUT2D eigenvalue weighted by Crippen LogP contribution is -2.55. The lowest BCUT2D eigenvalue weighted by atomic mass is 9.87. The van der Waals surface area contributed by atoms with Crippen LogP contribution in [0.2, 0.25) is 0 Å². The van der Waals surface area contributed by atoms with Crippen molar-refractivity contribution in [2.24, 2.45) is 11.8 Å². The number of amides is 2. The summed E-state index contributed by atoms with van der Waals surface area (Å²) < 4.78 is 27.8. The summed E-state index contributed by atoms with van der Waals surface area (Å²) in [4.78, 5) is 24.4. The van der Waals surface area contributed by atoms with Gasteiger partial charge in [0.15, 0.2) is 0 Å². The molecule has 1 saturated carbocycles. The molecule has 1 heterocycles. The van der Waals surface area contributed by atoms with E-state index in [2.05, 4.69) is 17.2 Å². The SMILES string of the molecule is C=CC(=O)NC1C(C)CN(S(=O)(=O)c2ccc(C(=O)NC3CCCCC3)cc2)CC1C. The molecular weight excluding hydrogens is 414 g/mol. The molecule has 8 heteroatoms. The number of hydrogen-bond donors (Lipinski definition) is 2. The number of nitrogens with zero attached hydrogens (tertiary/aromatic N) is 1. The predicted molar refractivity (Wildman–Crippen MR) is 120 cm³/mol. The van der Waals surface area contributed by atoms with Crippen LogP contribution in [0.4, 0.5) is 0 Å². The molecule has 3 rings (SSSR count). The van der Waals surface area contributed by atoms with Crippen molar-refractivity contribution in [1.29, 1.82) is 0 Å². The molecule has 31 heavy (non-hydrogen) atoms. The Morgan fingerprint density at radius 1 is 1.00 bits per heavy atom. The maximum atomic E-state index is 13.2. The van der Waals surface area contributed by atoms with E-state index >= 15 is 0 Å². The Labute approximate surface area is 185 Å². The molecule has 1 aromatic carbocycles. The second-order valence-corrected chi connectivity index (χ2v) is 10.8. The minimum Gasteiger partial charge on any atom is -0.349 e. The fourth-order valence-electron chi connectivity index (χ4n) is 4.65. The molecule has 0 radical (unpaired) electrons. The van der Waals surface area contributed by atoms with E-state index in [1.807, 2.05) is 13.8 Å². The third kappa shape index (κ3) is 5.54. The first-order chi connectivity index (χ1) is 14.7. The fraction of sp³-hybridized carbons (Fsp3) is 0.565. The summed E-state index contributed by atoms with van der Waals surface area (Å²) >= 11 is 0. The normalized spacial score (nSPS) is 25.5. The smallest absolute Gasteiger partial charge is 0.251 e. The van der Waals surface area contributed by atoms with Crippen LogP contribution in [-0.2, 0) is 14.8 Å². The zero-order valence-electron chi connectivity index (χ0n) is 18.3. The third-order valence-electron chi connectivity index (χ3n) is 6.40. The molecule has 2 unspecified atom stereocenters. The van der Waals surface area contributed by atoms with Crippen molar-refractivity contribution in [3.8, 4) is 0 Å². The van der Waals surface area contributed by atoms with Crippen LogP contribution in [0.25, 0.3) is 0 Å². The molecule has 2 atom stereocenters. The zero-order chi connectivity index (χ0) is 22.6. The summed E-state index contributed by atoms with van der Waals surface area (Å²) in [7, 11) is -3.69. The molecule has 1 saturated heterocycles. The fourth-order valence-corrected chi connectivity index (χ4v) is 6.29. The highest BCUT2D eigenvalue weighted by molar-refractivity contribution is 7.89. The van der Waals surface area contributed by atoms with Crippen LogP contribution >= 0.6 is 0 Å². The quantitative estimate of drug-likeness (QED) is 0.656. The molecule has 170 valence electrons. The highest BCUT2D eigenvalue weighted by atomic mass is 32.2. The summed E-state index contributed by atoms with van der Waals surface area (Å²) in [6, 6.07) is 6.26. The van der Waals surface area contributed by atoms with Gasteiger partial charge in [-0.1, -0.05) is 39.7 Å². The minimum absolute atomic E-state index is 0.0389. The van der Waals surface area contributed by atoms with Crippen molar-refractivity contribution < 1.29 is 18.0 Å². The maximum absolute atomic E-state index is 13.2. The summed E-state index contributed by atoms with van der Waals surface area (Å²) in [5, 5.41) is 5.96. The highest BCUT2D eigenvalue weighted by Crippen LogP contribution is 2.27. The van der Waals surface area contributed by atoms with E-state index in [4.69, 9.17) is 0 Å². The number of hydrogen-bond acceptors (Lipinski definition) is 4. The molecule has 0 aromatic heterocycles. The van der Waals surface area contributed by atoms with Crippen LogP contribution in [-0.4, -0.2) is 49.7 Å². The molecule has 1 aliphatic carbocycles. The monoisotopic (exact) mass is 447 g/mol. The number of carbonyl (C=O) groups is 2. The van der Waals surface area contributed by atoms with Crippen LogP contribution in [0, 0.1) is 11.8 Å². The molecule has 1 aromatic rings. The second kappa shape index (κ2) is 9.96. The van der Waals surface area contributed by atoms with Crippen LogP contribution in [0.1, 0.15) is 56.3 Å². The van der Waals surface area contributed by atoms with Gasteiger partial charge in [0.05, 0.1) is 4.90 Å². The van der Waals surface area contributed by atoms with E-state index in [1.54, 1.807) is 12.1 Å². The van der Waals surface area contributed by atoms with Crippen LogP contribution < -0.4 is 10.6 Å². The first-order valence-corrected chi connectivity index (χ1v) is 12.5. The Kier molecular flexibility index (Phi) is 7.54. The molecule has 0 spiro atoms. The molecule has 0 bridgehead atoms. The first kappa shape index (κ1) is 23.5. The third-order valence-corrected chi connectivity index (χ3v) is 8.24. The highest BCUT2D eigenvalue weighted by Gasteiger charge is 2.38. The van der Waals surface area contributed by atoms with Gasteiger partial charge in [0, 0.05) is 30.7 Å². The average molecular weight is 448 g/mol. The molecule has 2 N–H and O–H groups in total. The molecule has 2 aliphatic rings. The largest absolute Gasteiger partial charge is 0.349 e. The van der Waals surface area contributed by atoms with Gasteiger partial charge in [-0.2, -0.15) is 4.31 Å². The van der Waals surface area contributed by atoms with Gasteiger partial charge in [-0.3, -0.25) is 9.59 Å². The van der Waals surface area contributed by atoms with Gasteiger partial charge in [0.25, 0.3) is 5.91 Å². The Morgan fingerprint density at radius 3 is 2.13 bits per heavy atom. The van der Waals surface area contributed by atoms with Gasteiger partial charge < -0.3 is 10.6 Å². The average Bonchev–Trinajstić information content (AvgIpc) is 2.76. The lowest BCUT2D eigenvalue weighted by Gasteiger charge is -2.40. The first-order valence-electron chi connectivity index (χ1n) is 11.1. The Balaban J connectivity index is 1.67. The standard InChI is InChI=1S/C23H33N3O4S/c1-4-21(27)25-22-16(2)14-26(15-17(22)3)31(29,30)20-12-10-18(11-13-20)23(28)24-19-8-6-5-7-9-19/h4,10-13,16-17,19,22H,1,5-9,14-15H2,2-3H3,(H,24,28)(H,25,27). The predicted octanol–water partition coefficient (Wildman–Crippen LogP) is 2.70. The minimum atomic E-state index is -3.69. The summed E-state index contributed by atoms with van der Waals surface area (Å²) in [5.41, 5.74) is 0.470. The number of carbonyl (C=O) groups excluding carboxylic acids is 2. The van der Waals surface area contributed by atoms with Crippen LogP contribution in [0.5, 0.6) is 0 Å². The summed E-state index contributed by atoms with van der Waals surface area (Å²) in [6.07, 6.45) is 6.71. The Morgan fingerprint density at radius 2 is 1.58 bits per heavy atom. The van der Waals surface area contributed by atoms with Gasteiger partial charge >= 0.3 is 0 Å². The molecular formula is C23H33N3O4S. The Hall–Kier alpha value is -2.19. The van der Waals surface area contributed by atoms with Gasteiger partial charge in [0.2, 0.25) is 15.9 Å². The summed E-state index contributed by atoms with van der Waals surface area (Å²) in [6.45, 7) is 7.98. The molecule has 2 amide bonds. The van der Waals surface area contributed by atoms with Crippen molar-refractivity contribution in [1.82, 2.24) is 14.9 Å². The van der Waals surface area contributed by atoms with Crippen molar-refractivity contribution in [2.45, 2.75) is 62.9 Å². The number of benzene rings is 1. The van der Waals surface area contributed by atoms with Crippen LogP contribution in [0.3, 0.4) is 0 Å². The number of piperidine rings is 1. The second-order valence-electron chi connectivity index (χ2n) is 8.85. The van der Waals surface area contributed by atoms with E-state index < -0.39 is 10.0 Å². The number of sulfonamides is 1. The number of nitrogens with one attached hydrogen (secondary N) is 2. The van der Waals surface area contributed by atoms with Gasteiger partial charge in [0.1, 0.15) is 0 Å². The van der Waals surface area contributed by atoms with Gasteiger partial charge in [-0.15, -0.1) is 0 Å². The van der Waals surface area contributed by atoms with E-state index in [9.17, 15) is 18.0 Å². The van der Waals surface area contributed by atoms with Crippen molar-refractivity contribution >= 4 is 21.8 Å². The van der Waals surface area contributed by atoms with Crippen molar-refractivity contribution in [2.75, 3.05) is 13.1 Å². The van der Waals surface area contributed by atoms with Gasteiger partial charge in [-0.25, -0.2) is 8.42 Å². The topological polar surface area (TPSA) is 95.6 Å². The molecule has 7 nitrogen and oxygen atoms in total. The Bertz CT molecular complexity index is 895.